The molecule has 0 aliphatic heterocycles. The highest BCUT2D eigenvalue weighted by Gasteiger charge is 2.13. The number of amides is 1. The highest BCUT2D eigenvalue weighted by Crippen LogP contribution is 2.21. The number of aromatic nitrogens is 3. The molecule has 2 N–H and O–H groups in total. The first-order chi connectivity index (χ1) is 7.68. The molecule has 0 bridgehead atoms. The minimum atomic E-state index is -0.279. The van der Waals surface area contributed by atoms with Crippen LogP contribution in [0.5, 0.6) is 0 Å². The molecule has 0 radical (unpaired) electrons. The van der Waals surface area contributed by atoms with Crippen LogP contribution in [-0.4, -0.2) is 21.3 Å². The Bertz CT molecular complexity index is 523. The number of aromatic amines is 1. The van der Waals surface area contributed by atoms with E-state index in [1.54, 1.807) is 13.0 Å². The Balaban J connectivity index is 2.21. The third kappa shape index (κ3) is 2.11. The van der Waals surface area contributed by atoms with E-state index in [-0.39, 0.29) is 5.91 Å². The zero-order valence-corrected chi connectivity index (χ0v) is 10.1. The molecular weight excluding hydrogens is 272 g/mol. The van der Waals surface area contributed by atoms with E-state index in [0.717, 1.165) is 4.47 Å². The summed E-state index contributed by atoms with van der Waals surface area (Å²) in [5.74, 6) is -0.279. The van der Waals surface area contributed by atoms with Crippen molar-refractivity contribution in [2.45, 2.75) is 6.92 Å². The van der Waals surface area contributed by atoms with Gasteiger partial charge in [0.25, 0.3) is 5.91 Å². The summed E-state index contributed by atoms with van der Waals surface area (Å²) in [6.07, 6.45) is 0. The van der Waals surface area contributed by atoms with Crippen molar-refractivity contribution in [2.24, 2.45) is 0 Å². The van der Waals surface area contributed by atoms with Crippen LogP contribution in [0.25, 0.3) is 0 Å². The first-order valence-corrected chi connectivity index (χ1v) is 5.41. The van der Waals surface area contributed by atoms with E-state index in [2.05, 4.69) is 36.7 Å². The Kier molecular flexibility index (Phi) is 3.00. The van der Waals surface area contributed by atoms with Gasteiger partial charge in [-0.1, -0.05) is 12.1 Å². The minimum absolute atomic E-state index is 0.279. The molecule has 82 valence electrons. The number of halogens is 1. The number of anilines is 1. The van der Waals surface area contributed by atoms with Gasteiger partial charge in [0, 0.05) is 4.47 Å². The fourth-order valence-electron chi connectivity index (χ4n) is 1.24. The van der Waals surface area contributed by atoms with E-state index in [1.807, 2.05) is 18.2 Å². The highest BCUT2D eigenvalue weighted by atomic mass is 79.9. The number of benzene rings is 1. The Hall–Kier alpha value is -1.69. The molecule has 5 nitrogen and oxygen atoms in total. The van der Waals surface area contributed by atoms with Crippen LogP contribution >= 0.6 is 15.9 Å². The van der Waals surface area contributed by atoms with Crippen LogP contribution in [-0.2, 0) is 0 Å². The summed E-state index contributed by atoms with van der Waals surface area (Å²) < 4.78 is 0.824. The van der Waals surface area contributed by atoms with Crippen molar-refractivity contribution in [3.8, 4) is 0 Å². The van der Waals surface area contributed by atoms with Crippen LogP contribution in [0.1, 0.15) is 16.2 Å². The lowest BCUT2D eigenvalue weighted by Gasteiger charge is -2.05. The van der Waals surface area contributed by atoms with E-state index >= 15 is 0 Å². The van der Waals surface area contributed by atoms with E-state index < -0.39 is 0 Å². The number of para-hydroxylation sites is 1. The Morgan fingerprint density at radius 3 is 2.75 bits per heavy atom. The van der Waals surface area contributed by atoms with Crippen molar-refractivity contribution < 1.29 is 4.79 Å². The van der Waals surface area contributed by atoms with Gasteiger partial charge in [0.2, 0.25) is 0 Å². The fraction of sp³-hybridized carbons (Fsp3) is 0.100. The maximum absolute atomic E-state index is 11.8. The van der Waals surface area contributed by atoms with Crippen LogP contribution in [0.4, 0.5) is 5.69 Å². The molecule has 0 fully saturated rings. The quantitative estimate of drug-likeness (QED) is 0.885. The summed E-state index contributed by atoms with van der Waals surface area (Å²) in [6.45, 7) is 1.72. The number of hydrogen-bond acceptors (Lipinski definition) is 3. The predicted octanol–water partition coefficient (Wildman–Crippen LogP) is 2.13. The average Bonchev–Trinajstić information content (AvgIpc) is 2.68. The average molecular weight is 281 g/mol. The van der Waals surface area contributed by atoms with Crippen LogP contribution in [0.3, 0.4) is 0 Å². The van der Waals surface area contributed by atoms with Crippen molar-refractivity contribution in [2.75, 3.05) is 5.32 Å². The van der Waals surface area contributed by atoms with Crippen molar-refractivity contribution in [1.29, 1.82) is 0 Å². The number of nitrogens with one attached hydrogen (secondary N) is 2. The van der Waals surface area contributed by atoms with Gasteiger partial charge in [-0.25, -0.2) is 0 Å². The smallest absolute Gasteiger partial charge is 0.278 e. The molecule has 0 aliphatic rings. The lowest BCUT2D eigenvalue weighted by Crippen LogP contribution is -2.14. The van der Waals surface area contributed by atoms with Crippen LogP contribution in [0.2, 0.25) is 0 Å². The second-order valence-electron chi connectivity index (χ2n) is 3.19. The van der Waals surface area contributed by atoms with Gasteiger partial charge in [0.05, 0.1) is 11.4 Å². The van der Waals surface area contributed by atoms with Crippen molar-refractivity contribution >= 4 is 27.5 Å². The molecule has 0 unspecified atom stereocenters. The van der Waals surface area contributed by atoms with Gasteiger partial charge in [0.1, 0.15) is 0 Å². The normalized spacial score (nSPS) is 10.1. The topological polar surface area (TPSA) is 70.7 Å². The molecule has 0 atom stereocenters. The molecule has 0 saturated carbocycles. The zero-order valence-electron chi connectivity index (χ0n) is 8.49. The molecule has 1 heterocycles. The summed E-state index contributed by atoms with van der Waals surface area (Å²) in [7, 11) is 0. The van der Waals surface area contributed by atoms with E-state index in [4.69, 9.17) is 0 Å². The molecule has 1 amide bonds. The van der Waals surface area contributed by atoms with Crippen LogP contribution in [0.15, 0.2) is 28.7 Å². The van der Waals surface area contributed by atoms with Gasteiger partial charge < -0.3 is 5.32 Å². The van der Waals surface area contributed by atoms with Gasteiger partial charge >= 0.3 is 0 Å². The largest absolute Gasteiger partial charge is 0.319 e. The third-order valence-corrected chi connectivity index (χ3v) is 2.75. The lowest BCUT2D eigenvalue weighted by atomic mass is 10.3. The Morgan fingerprint density at radius 1 is 1.38 bits per heavy atom. The van der Waals surface area contributed by atoms with Gasteiger partial charge in [-0.3, -0.25) is 4.79 Å². The zero-order chi connectivity index (χ0) is 11.5. The van der Waals surface area contributed by atoms with E-state index in [0.29, 0.717) is 17.1 Å². The van der Waals surface area contributed by atoms with Crippen molar-refractivity contribution in [1.82, 2.24) is 15.4 Å². The maximum Gasteiger partial charge on any atom is 0.278 e. The van der Waals surface area contributed by atoms with E-state index in [9.17, 15) is 4.79 Å². The summed E-state index contributed by atoms with van der Waals surface area (Å²) in [6, 6.07) is 7.37. The van der Waals surface area contributed by atoms with Crippen LogP contribution < -0.4 is 5.32 Å². The molecule has 1 aromatic heterocycles. The molecule has 0 spiro atoms. The second-order valence-corrected chi connectivity index (χ2v) is 4.05. The molecule has 16 heavy (non-hydrogen) atoms. The number of H-pyrrole nitrogens is 1. The summed E-state index contributed by atoms with van der Waals surface area (Å²) >= 11 is 3.35. The molecule has 2 aromatic rings. The molecule has 2 rings (SSSR count). The summed E-state index contributed by atoms with van der Waals surface area (Å²) in [5.41, 5.74) is 1.58. The Morgan fingerprint density at radius 2 is 2.12 bits per heavy atom. The molecule has 0 saturated heterocycles. The highest BCUT2D eigenvalue weighted by molar-refractivity contribution is 9.10. The number of aryl methyl sites for hydroxylation is 1. The maximum atomic E-state index is 11.8. The van der Waals surface area contributed by atoms with Gasteiger partial charge in [-0.2, -0.15) is 15.4 Å². The SMILES string of the molecule is Cc1n[nH]nc1C(=O)Nc1ccccc1Br. The van der Waals surface area contributed by atoms with E-state index in [1.165, 1.54) is 0 Å². The fourth-order valence-corrected chi connectivity index (χ4v) is 1.63. The lowest BCUT2D eigenvalue weighted by molar-refractivity contribution is 0.102. The number of hydrogen-bond donors (Lipinski definition) is 2. The monoisotopic (exact) mass is 280 g/mol. The third-order valence-electron chi connectivity index (χ3n) is 2.06. The molecule has 6 heteroatoms. The first kappa shape index (κ1) is 10.8. The summed E-state index contributed by atoms with van der Waals surface area (Å²) in [5, 5.41) is 12.7. The summed E-state index contributed by atoms with van der Waals surface area (Å²) in [4.78, 5) is 11.8. The predicted molar refractivity (Wildman–Crippen MR) is 63.2 cm³/mol. The molecule has 0 aliphatic carbocycles. The second kappa shape index (κ2) is 4.44. The number of rotatable bonds is 2. The number of carbonyl (C=O) groups excluding carboxylic acids is 1. The minimum Gasteiger partial charge on any atom is -0.319 e. The van der Waals surface area contributed by atoms with Crippen molar-refractivity contribution in [3.05, 3.63) is 40.1 Å². The van der Waals surface area contributed by atoms with Gasteiger partial charge in [0.15, 0.2) is 5.69 Å². The van der Waals surface area contributed by atoms with Gasteiger partial charge in [-0.05, 0) is 35.0 Å². The van der Waals surface area contributed by atoms with Crippen LogP contribution in [0, 0.1) is 6.92 Å². The Labute approximate surface area is 100 Å². The van der Waals surface area contributed by atoms with Gasteiger partial charge in [-0.15, -0.1) is 0 Å². The van der Waals surface area contributed by atoms with Crippen molar-refractivity contribution in [3.63, 3.8) is 0 Å². The number of nitrogens with zero attached hydrogens (tertiary/aromatic N) is 2. The molecule has 1 aromatic carbocycles. The standard InChI is InChI=1S/C10H9BrN4O/c1-6-9(14-15-13-6)10(16)12-8-5-3-2-4-7(8)11/h2-5H,1H3,(H,12,16)(H,13,14,15). The first-order valence-electron chi connectivity index (χ1n) is 4.61. The molecular formula is C10H9BrN4O. The number of carbonyl (C=O) groups is 1.